The minimum atomic E-state index is 0.378. The van der Waals surface area contributed by atoms with Crippen LogP contribution in [0.1, 0.15) is 24.9 Å². The van der Waals surface area contributed by atoms with Gasteiger partial charge in [-0.2, -0.15) is 5.10 Å². The molecule has 0 radical (unpaired) electrons. The molecular formula is C16H22N4. The molecule has 20 heavy (non-hydrogen) atoms. The van der Waals surface area contributed by atoms with Gasteiger partial charge in [-0.05, 0) is 12.0 Å². The number of nitrogens with one attached hydrogen (secondary N) is 1. The lowest BCUT2D eigenvalue weighted by atomic mass is 10.00. The molecule has 2 unspecified atom stereocenters. The number of rotatable bonds is 3. The zero-order chi connectivity index (χ0) is 13.9. The minimum Gasteiger partial charge on any atom is -0.359 e. The highest BCUT2D eigenvalue weighted by molar-refractivity contribution is 5.47. The number of anilines is 1. The van der Waals surface area contributed by atoms with Gasteiger partial charge in [0.15, 0.2) is 0 Å². The van der Waals surface area contributed by atoms with Crippen LogP contribution in [0.5, 0.6) is 0 Å². The summed E-state index contributed by atoms with van der Waals surface area (Å²) in [6.07, 6.45) is 5.22. The number of benzene rings is 1. The lowest BCUT2D eigenvalue weighted by molar-refractivity contribution is 0.390. The zero-order valence-corrected chi connectivity index (χ0v) is 12.2. The second-order valence-electron chi connectivity index (χ2n) is 5.46. The maximum absolute atomic E-state index is 4.33. The third-order valence-electron chi connectivity index (χ3n) is 4.09. The predicted octanol–water partition coefficient (Wildman–Crippen LogP) is 2.35. The van der Waals surface area contributed by atoms with Gasteiger partial charge in [0, 0.05) is 32.4 Å². The van der Waals surface area contributed by atoms with Crippen LogP contribution >= 0.6 is 0 Å². The summed E-state index contributed by atoms with van der Waals surface area (Å²) in [6, 6.07) is 11.6. The summed E-state index contributed by atoms with van der Waals surface area (Å²) >= 11 is 0. The summed E-state index contributed by atoms with van der Waals surface area (Å²) in [4.78, 5) is 2.48. The normalized spacial score (nSPS) is 23.0. The Morgan fingerprint density at radius 2 is 2.10 bits per heavy atom. The van der Waals surface area contributed by atoms with Crippen molar-refractivity contribution in [2.75, 3.05) is 18.0 Å². The zero-order valence-electron chi connectivity index (χ0n) is 12.2. The van der Waals surface area contributed by atoms with Crippen LogP contribution in [-0.4, -0.2) is 28.9 Å². The van der Waals surface area contributed by atoms with Gasteiger partial charge in [-0.1, -0.05) is 37.3 Å². The molecule has 2 atom stereocenters. The van der Waals surface area contributed by atoms with E-state index in [1.807, 2.05) is 17.9 Å². The molecule has 3 rings (SSSR count). The smallest absolute Gasteiger partial charge is 0.0758 e. The number of nitrogens with zero attached hydrogens (tertiary/aromatic N) is 3. The molecule has 2 aromatic rings. The van der Waals surface area contributed by atoms with E-state index >= 15 is 0 Å². The molecule has 2 heterocycles. The van der Waals surface area contributed by atoms with Crippen LogP contribution in [0.15, 0.2) is 42.7 Å². The summed E-state index contributed by atoms with van der Waals surface area (Å²) < 4.78 is 1.88. The van der Waals surface area contributed by atoms with E-state index in [4.69, 9.17) is 0 Å². The predicted molar refractivity (Wildman–Crippen MR) is 81.8 cm³/mol. The molecule has 0 aliphatic carbocycles. The van der Waals surface area contributed by atoms with Gasteiger partial charge in [0.05, 0.1) is 17.9 Å². The van der Waals surface area contributed by atoms with E-state index in [1.54, 1.807) is 0 Å². The Kier molecular flexibility index (Phi) is 3.74. The highest BCUT2D eigenvalue weighted by Gasteiger charge is 2.28. The Morgan fingerprint density at radius 3 is 2.75 bits per heavy atom. The highest BCUT2D eigenvalue weighted by atomic mass is 15.3. The number of hydrogen-bond donors (Lipinski definition) is 1. The van der Waals surface area contributed by atoms with Crippen LogP contribution in [0.2, 0.25) is 0 Å². The molecule has 1 aromatic heterocycles. The topological polar surface area (TPSA) is 33.1 Å². The van der Waals surface area contributed by atoms with Gasteiger partial charge in [0.1, 0.15) is 0 Å². The lowest BCUT2D eigenvalue weighted by Crippen LogP contribution is -2.52. The molecule has 106 valence electrons. The molecule has 0 saturated carbocycles. The molecule has 4 heteroatoms. The molecule has 1 aromatic carbocycles. The fourth-order valence-corrected chi connectivity index (χ4v) is 2.91. The monoisotopic (exact) mass is 270 g/mol. The first-order valence-electron chi connectivity index (χ1n) is 7.31. The SMILES string of the molecule is CCC1CN(c2cnn(C)c2)C(c2ccccc2)CN1. The average Bonchev–Trinajstić information content (AvgIpc) is 2.94. The van der Waals surface area contributed by atoms with E-state index in [9.17, 15) is 0 Å². The van der Waals surface area contributed by atoms with Crippen molar-refractivity contribution < 1.29 is 0 Å². The van der Waals surface area contributed by atoms with Crippen LogP contribution in [-0.2, 0) is 7.05 Å². The van der Waals surface area contributed by atoms with Gasteiger partial charge in [-0.25, -0.2) is 0 Å². The second-order valence-corrected chi connectivity index (χ2v) is 5.46. The van der Waals surface area contributed by atoms with Crippen LogP contribution in [0.3, 0.4) is 0 Å². The van der Waals surface area contributed by atoms with Crippen LogP contribution < -0.4 is 10.2 Å². The fourth-order valence-electron chi connectivity index (χ4n) is 2.91. The largest absolute Gasteiger partial charge is 0.359 e. The summed E-state index contributed by atoms with van der Waals surface area (Å²) in [7, 11) is 1.97. The maximum atomic E-state index is 4.33. The summed E-state index contributed by atoms with van der Waals surface area (Å²) in [5.74, 6) is 0. The van der Waals surface area contributed by atoms with Gasteiger partial charge in [-0.3, -0.25) is 4.68 Å². The van der Waals surface area contributed by atoms with Crippen molar-refractivity contribution in [3.05, 3.63) is 48.3 Å². The number of aromatic nitrogens is 2. The lowest BCUT2D eigenvalue weighted by Gasteiger charge is -2.41. The van der Waals surface area contributed by atoms with Crippen molar-refractivity contribution in [2.24, 2.45) is 7.05 Å². The molecule has 0 bridgehead atoms. The average molecular weight is 270 g/mol. The van der Waals surface area contributed by atoms with Crippen molar-refractivity contribution in [2.45, 2.75) is 25.4 Å². The van der Waals surface area contributed by atoms with Gasteiger partial charge < -0.3 is 10.2 Å². The number of aryl methyl sites for hydroxylation is 1. The fraction of sp³-hybridized carbons (Fsp3) is 0.438. The summed E-state index contributed by atoms with van der Waals surface area (Å²) in [5, 5.41) is 7.98. The summed E-state index contributed by atoms with van der Waals surface area (Å²) in [5.41, 5.74) is 2.57. The van der Waals surface area contributed by atoms with Crippen molar-refractivity contribution in [3.63, 3.8) is 0 Å². The van der Waals surface area contributed by atoms with Gasteiger partial charge in [0.25, 0.3) is 0 Å². The first kappa shape index (κ1) is 13.2. The molecule has 1 N–H and O–H groups in total. The van der Waals surface area contributed by atoms with Gasteiger partial charge >= 0.3 is 0 Å². The third kappa shape index (κ3) is 2.56. The van der Waals surface area contributed by atoms with Crippen LogP contribution in [0.25, 0.3) is 0 Å². The molecule has 1 fully saturated rings. The van der Waals surface area contributed by atoms with Crippen LogP contribution in [0.4, 0.5) is 5.69 Å². The standard InChI is InChI=1S/C16H22N4/c1-3-14-11-20(15-9-18-19(2)12-15)16(10-17-14)13-7-5-4-6-8-13/h4-9,12,14,16-17H,3,10-11H2,1-2H3. The molecule has 1 saturated heterocycles. The first-order valence-corrected chi connectivity index (χ1v) is 7.31. The van der Waals surface area contributed by atoms with E-state index in [-0.39, 0.29) is 0 Å². The van der Waals surface area contributed by atoms with E-state index in [1.165, 1.54) is 11.3 Å². The second kappa shape index (κ2) is 5.67. The van der Waals surface area contributed by atoms with Gasteiger partial charge in [0.2, 0.25) is 0 Å². The Labute approximate surface area is 120 Å². The molecular weight excluding hydrogens is 248 g/mol. The third-order valence-corrected chi connectivity index (χ3v) is 4.09. The highest BCUT2D eigenvalue weighted by Crippen LogP contribution is 2.29. The van der Waals surface area contributed by atoms with E-state index in [0.717, 1.165) is 19.5 Å². The van der Waals surface area contributed by atoms with E-state index in [0.29, 0.717) is 12.1 Å². The summed E-state index contributed by atoms with van der Waals surface area (Å²) in [6.45, 7) is 4.25. The van der Waals surface area contributed by atoms with Crippen molar-refractivity contribution in [1.29, 1.82) is 0 Å². The quantitative estimate of drug-likeness (QED) is 0.929. The van der Waals surface area contributed by atoms with E-state index < -0.39 is 0 Å². The number of hydrogen-bond acceptors (Lipinski definition) is 3. The molecule has 0 amide bonds. The minimum absolute atomic E-state index is 0.378. The Balaban J connectivity index is 1.91. The van der Waals surface area contributed by atoms with Crippen molar-refractivity contribution in [1.82, 2.24) is 15.1 Å². The maximum Gasteiger partial charge on any atom is 0.0758 e. The van der Waals surface area contributed by atoms with E-state index in [2.05, 4.69) is 58.8 Å². The van der Waals surface area contributed by atoms with Crippen LogP contribution in [0, 0.1) is 0 Å². The van der Waals surface area contributed by atoms with Gasteiger partial charge in [-0.15, -0.1) is 0 Å². The molecule has 0 spiro atoms. The molecule has 1 aliphatic heterocycles. The Hall–Kier alpha value is -1.81. The number of piperazine rings is 1. The molecule has 4 nitrogen and oxygen atoms in total. The Morgan fingerprint density at radius 1 is 1.30 bits per heavy atom. The van der Waals surface area contributed by atoms with Crippen molar-refractivity contribution >= 4 is 5.69 Å². The Bertz CT molecular complexity index is 549. The molecule has 1 aliphatic rings. The first-order chi connectivity index (χ1) is 9.78. The van der Waals surface area contributed by atoms with Crippen molar-refractivity contribution in [3.8, 4) is 0 Å².